The molecule has 0 spiro atoms. The smallest absolute Gasteiger partial charge is 0.271 e. The van der Waals surface area contributed by atoms with Crippen LogP contribution in [-0.2, 0) is 0 Å². The van der Waals surface area contributed by atoms with E-state index in [1.807, 2.05) is 0 Å². The van der Waals surface area contributed by atoms with E-state index >= 15 is 0 Å². The van der Waals surface area contributed by atoms with Gasteiger partial charge in [0.05, 0.1) is 12.0 Å². The fourth-order valence-corrected chi connectivity index (χ4v) is 1.71. The number of ether oxygens (including phenoxy) is 1. The van der Waals surface area contributed by atoms with E-state index < -0.39 is 16.6 Å². The number of nitro groups is 1. The summed E-state index contributed by atoms with van der Waals surface area (Å²) in [6, 6.07) is 9.24. The van der Waals surface area contributed by atoms with E-state index in [9.17, 15) is 19.3 Å². The Labute approximate surface area is 119 Å². The summed E-state index contributed by atoms with van der Waals surface area (Å²) in [5.74, 6) is -1.21. The average Bonchev–Trinajstić information content (AvgIpc) is 2.47. The molecule has 2 aromatic rings. The lowest BCUT2D eigenvalue weighted by Crippen LogP contribution is -2.12. The van der Waals surface area contributed by atoms with Gasteiger partial charge in [0.1, 0.15) is 0 Å². The zero-order chi connectivity index (χ0) is 15.4. The summed E-state index contributed by atoms with van der Waals surface area (Å²) in [5.41, 5.74) is 0.193. The molecule has 0 aliphatic carbocycles. The second-order valence-electron chi connectivity index (χ2n) is 4.11. The van der Waals surface area contributed by atoms with E-state index in [0.717, 1.165) is 6.07 Å². The minimum atomic E-state index is -0.663. The number of methoxy groups -OCH3 is 1. The van der Waals surface area contributed by atoms with Gasteiger partial charge in [-0.1, -0.05) is 6.07 Å². The quantitative estimate of drug-likeness (QED) is 0.693. The third-order valence-electron chi connectivity index (χ3n) is 2.73. The second kappa shape index (κ2) is 6.00. The van der Waals surface area contributed by atoms with Gasteiger partial charge in [0.25, 0.3) is 11.6 Å². The fraction of sp³-hybridized carbons (Fsp3) is 0.0714. The molecule has 1 N–H and O–H groups in total. The molecule has 0 saturated heterocycles. The molecule has 0 aromatic heterocycles. The van der Waals surface area contributed by atoms with Gasteiger partial charge in [0.2, 0.25) is 0 Å². The molecule has 0 fully saturated rings. The van der Waals surface area contributed by atoms with Crippen LogP contribution in [0.5, 0.6) is 5.75 Å². The molecule has 2 aromatic carbocycles. The lowest BCUT2D eigenvalue weighted by molar-refractivity contribution is -0.384. The number of carbonyl (C=O) groups excluding carboxylic acids is 1. The Morgan fingerprint density at radius 1 is 1.29 bits per heavy atom. The molecular formula is C14H11FN2O4. The maximum absolute atomic E-state index is 13.5. The van der Waals surface area contributed by atoms with E-state index in [2.05, 4.69) is 5.32 Å². The molecule has 7 heteroatoms. The van der Waals surface area contributed by atoms with Crippen LogP contribution in [0.25, 0.3) is 0 Å². The highest BCUT2D eigenvalue weighted by Gasteiger charge is 2.12. The number of anilines is 1. The number of hydrogen-bond donors (Lipinski definition) is 1. The number of rotatable bonds is 4. The van der Waals surface area contributed by atoms with Gasteiger partial charge in [-0.25, -0.2) is 4.39 Å². The van der Waals surface area contributed by atoms with Crippen LogP contribution in [0.4, 0.5) is 15.8 Å². The molecule has 0 aliphatic rings. The van der Waals surface area contributed by atoms with E-state index in [4.69, 9.17) is 4.74 Å². The van der Waals surface area contributed by atoms with Crippen molar-refractivity contribution in [2.24, 2.45) is 0 Å². The van der Waals surface area contributed by atoms with Crippen molar-refractivity contribution in [3.05, 3.63) is 64.0 Å². The van der Waals surface area contributed by atoms with Crippen molar-refractivity contribution in [2.75, 3.05) is 12.4 Å². The maximum Gasteiger partial charge on any atom is 0.271 e. The first kappa shape index (κ1) is 14.4. The van der Waals surface area contributed by atoms with Crippen LogP contribution in [0, 0.1) is 15.9 Å². The summed E-state index contributed by atoms with van der Waals surface area (Å²) >= 11 is 0. The molecule has 6 nitrogen and oxygen atoms in total. The van der Waals surface area contributed by atoms with Crippen molar-refractivity contribution in [1.82, 2.24) is 0 Å². The predicted octanol–water partition coefficient (Wildman–Crippen LogP) is 2.99. The number of halogens is 1. The minimum absolute atomic E-state index is 0.0295. The first-order valence-electron chi connectivity index (χ1n) is 5.90. The summed E-state index contributed by atoms with van der Waals surface area (Å²) in [6.07, 6.45) is 0. The highest BCUT2D eigenvalue weighted by atomic mass is 19.1. The first-order chi connectivity index (χ1) is 10.0. The molecule has 0 radical (unpaired) electrons. The summed E-state index contributed by atoms with van der Waals surface area (Å²) in [6.45, 7) is 0. The molecule has 21 heavy (non-hydrogen) atoms. The van der Waals surface area contributed by atoms with Crippen LogP contribution in [0.2, 0.25) is 0 Å². The zero-order valence-corrected chi connectivity index (χ0v) is 11.0. The molecule has 0 bridgehead atoms. The monoisotopic (exact) mass is 290 g/mol. The molecular weight excluding hydrogens is 279 g/mol. The van der Waals surface area contributed by atoms with Crippen molar-refractivity contribution in [3.8, 4) is 5.75 Å². The molecule has 1 amide bonds. The van der Waals surface area contributed by atoms with Crippen LogP contribution in [0.1, 0.15) is 10.4 Å². The van der Waals surface area contributed by atoms with Crippen LogP contribution in [0.15, 0.2) is 42.5 Å². The third-order valence-corrected chi connectivity index (χ3v) is 2.73. The number of benzene rings is 2. The maximum atomic E-state index is 13.5. The third kappa shape index (κ3) is 3.33. The van der Waals surface area contributed by atoms with Crippen molar-refractivity contribution in [3.63, 3.8) is 0 Å². The average molecular weight is 290 g/mol. The topological polar surface area (TPSA) is 81.5 Å². The van der Waals surface area contributed by atoms with Gasteiger partial charge in [0, 0.05) is 23.4 Å². The van der Waals surface area contributed by atoms with Gasteiger partial charge in [0.15, 0.2) is 11.6 Å². The molecule has 0 aliphatic heterocycles. The van der Waals surface area contributed by atoms with Crippen LogP contribution >= 0.6 is 0 Å². The number of nitrogens with one attached hydrogen (secondary N) is 1. The summed E-state index contributed by atoms with van der Waals surface area (Å²) in [4.78, 5) is 22.0. The fourth-order valence-electron chi connectivity index (χ4n) is 1.71. The van der Waals surface area contributed by atoms with E-state index in [0.29, 0.717) is 0 Å². The Balaban J connectivity index is 2.20. The highest BCUT2D eigenvalue weighted by molar-refractivity contribution is 6.04. The Kier molecular flexibility index (Phi) is 4.13. The minimum Gasteiger partial charge on any atom is -0.494 e. The molecule has 0 saturated carbocycles. The summed E-state index contributed by atoms with van der Waals surface area (Å²) in [7, 11) is 1.32. The standard InChI is InChI=1S/C14H11FN2O4/c1-21-13-6-5-9(7-12(13)15)14(18)16-10-3-2-4-11(8-10)17(19)20/h2-8H,1H3,(H,16,18). The lowest BCUT2D eigenvalue weighted by atomic mass is 10.2. The Hall–Kier alpha value is -2.96. The molecule has 108 valence electrons. The number of carbonyl (C=O) groups is 1. The van der Waals surface area contributed by atoms with Gasteiger partial charge in [-0.05, 0) is 24.3 Å². The Bertz CT molecular complexity index is 703. The van der Waals surface area contributed by atoms with E-state index in [-0.39, 0.29) is 22.7 Å². The van der Waals surface area contributed by atoms with Gasteiger partial charge < -0.3 is 10.1 Å². The summed E-state index contributed by atoms with van der Waals surface area (Å²) < 4.78 is 18.3. The van der Waals surface area contributed by atoms with Gasteiger partial charge in [-0.2, -0.15) is 0 Å². The zero-order valence-electron chi connectivity index (χ0n) is 11.0. The Morgan fingerprint density at radius 3 is 2.67 bits per heavy atom. The van der Waals surface area contributed by atoms with Crippen molar-refractivity contribution < 1.29 is 18.8 Å². The van der Waals surface area contributed by atoms with Crippen LogP contribution in [-0.4, -0.2) is 17.9 Å². The predicted molar refractivity (Wildman–Crippen MR) is 74.0 cm³/mol. The first-order valence-corrected chi connectivity index (χ1v) is 5.90. The SMILES string of the molecule is COc1ccc(C(=O)Nc2cccc([N+](=O)[O-])c2)cc1F. The lowest BCUT2D eigenvalue weighted by Gasteiger charge is -2.07. The number of non-ortho nitro benzene ring substituents is 1. The Morgan fingerprint density at radius 2 is 2.05 bits per heavy atom. The largest absolute Gasteiger partial charge is 0.494 e. The molecule has 0 unspecified atom stereocenters. The molecule has 2 rings (SSSR count). The van der Waals surface area contributed by atoms with Gasteiger partial charge in [-0.15, -0.1) is 0 Å². The van der Waals surface area contributed by atoms with Crippen LogP contribution in [0.3, 0.4) is 0 Å². The second-order valence-corrected chi connectivity index (χ2v) is 4.11. The van der Waals surface area contributed by atoms with E-state index in [1.165, 1.54) is 43.5 Å². The number of nitro benzene ring substituents is 1. The van der Waals surface area contributed by atoms with E-state index in [1.54, 1.807) is 0 Å². The van der Waals surface area contributed by atoms with Gasteiger partial charge in [-0.3, -0.25) is 14.9 Å². The number of hydrogen-bond acceptors (Lipinski definition) is 4. The summed E-state index contributed by atoms with van der Waals surface area (Å²) in [5, 5.41) is 13.1. The van der Waals surface area contributed by atoms with Gasteiger partial charge >= 0.3 is 0 Å². The van der Waals surface area contributed by atoms with Crippen molar-refractivity contribution >= 4 is 17.3 Å². The molecule has 0 atom stereocenters. The number of nitrogens with zero attached hydrogens (tertiary/aromatic N) is 1. The molecule has 0 heterocycles. The highest BCUT2D eigenvalue weighted by Crippen LogP contribution is 2.20. The van der Waals surface area contributed by atoms with Crippen LogP contribution < -0.4 is 10.1 Å². The normalized spacial score (nSPS) is 10.0. The van der Waals surface area contributed by atoms with Crippen molar-refractivity contribution in [2.45, 2.75) is 0 Å². The number of amides is 1. The van der Waals surface area contributed by atoms with Crippen molar-refractivity contribution in [1.29, 1.82) is 0 Å².